The molecule has 2 saturated heterocycles. The highest BCUT2D eigenvalue weighted by atomic mass is 16.5. The summed E-state index contributed by atoms with van der Waals surface area (Å²) >= 11 is 0. The first kappa shape index (κ1) is 28.9. The molecule has 230 valence electrons. The Morgan fingerprint density at radius 2 is 1.60 bits per heavy atom. The van der Waals surface area contributed by atoms with Crippen molar-refractivity contribution in [2.45, 2.75) is 38.6 Å². The molecule has 7 rings (SSSR count). The smallest absolute Gasteiger partial charge is 0.254 e. The zero-order chi connectivity index (χ0) is 30.4. The minimum Gasteiger partial charge on any atom is -0.378 e. The fraction of sp³-hybridized carbons (Fsp3) is 0.314. The number of hydrogen-bond acceptors (Lipinski definition) is 8. The molecular formula is C35H37N7O3. The second-order valence-corrected chi connectivity index (χ2v) is 11.5. The SMILES string of the molecule is O=C(c1cccc(Nc2nc(N(Cc3ccccc3)Cc3ccccc3)c3ncn(C4CCCCO4)c3n2)c1)N1CCOCC1. The van der Waals surface area contributed by atoms with Crippen molar-refractivity contribution in [2.75, 3.05) is 43.1 Å². The lowest BCUT2D eigenvalue weighted by molar-refractivity contribution is -0.0298. The summed E-state index contributed by atoms with van der Waals surface area (Å²) in [4.78, 5) is 32.2. The number of imidazole rings is 1. The Bertz CT molecular complexity index is 1690. The first-order valence-electron chi connectivity index (χ1n) is 15.6. The quantitative estimate of drug-likeness (QED) is 0.221. The van der Waals surface area contributed by atoms with E-state index in [4.69, 9.17) is 24.4 Å². The predicted molar refractivity (Wildman–Crippen MR) is 173 cm³/mol. The summed E-state index contributed by atoms with van der Waals surface area (Å²) in [7, 11) is 0. The van der Waals surface area contributed by atoms with Crippen LogP contribution in [0.4, 0.5) is 17.5 Å². The van der Waals surface area contributed by atoms with Gasteiger partial charge in [0.1, 0.15) is 6.23 Å². The molecule has 0 aliphatic carbocycles. The number of amides is 1. The summed E-state index contributed by atoms with van der Waals surface area (Å²) < 4.78 is 13.6. The van der Waals surface area contributed by atoms with Crippen molar-refractivity contribution in [1.82, 2.24) is 24.4 Å². The molecule has 10 heteroatoms. The molecular weight excluding hydrogens is 566 g/mol. The Morgan fingerprint density at radius 3 is 2.29 bits per heavy atom. The normalized spacial score (nSPS) is 16.9. The number of aromatic nitrogens is 4. The molecule has 2 fully saturated rings. The number of morpholine rings is 1. The summed E-state index contributed by atoms with van der Waals surface area (Å²) in [6.07, 6.45) is 4.73. The maximum absolute atomic E-state index is 13.2. The minimum atomic E-state index is -0.134. The molecule has 45 heavy (non-hydrogen) atoms. The summed E-state index contributed by atoms with van der Waals surface area (Å²) in [5.74, 6) is 1.14. The standard InChI is InChI=1S/C35H37N7O3/c43-34(40-17-20-44-21-18-40)28-14-9-15-29(22-28)37-35-38-32(31-33(39-35)42(25-36-31)30-16-7-8-19-45-30)41(23-26-10-3-1-4-11-26)24-27-12-5-2-6-13-27/h1-6,9-15,22,25,30H,7-8,16-21,23-24H2,(H,37,38,39). The third-order valence-electron chi connectivity index (χ3n) is 8.26. The predicted octanol–water partition coefficient (Wildman–Crippen LogP) is 5.95. The van der Waals surface area contributed by atoms with Crippen LogP contribution >= 0.6 is 0 Å². The Kier molecular flexibility index (Phi) is 8.65. The second kappa shape index (κ2) is 13.5. The van der Waals surface area contributed by atoms with Gasteiger partial charge in [-0.1, -0.05) is 66.7 Å². The lowest BCUT2D eigenvalue weighted by Gasteiger charge is -2.27. The number of ether oxygens (including phenoxy) is 2. The minimum absolute atomic E-state index is 0.0107. The van der Waals surface area contributed by atoms with Gasteiger partial charge in [-0.15, -0.1) is 0 Å². The van der Waals surface area contributed by atoms with Gasteiger partial charge in [-0.05, 0) is 48.6 Å². The van der Waals surface area contributed by atoms with E-state index in [1.54, 1.807) is 0 Å². The Morgan fingerprint density at radius 1 is 0.867 bits per heavy atom. The van der Waals surface area contributed by atoms with Crippen LogP contribution in [-0.4, -0.2) is 63.2 Å². The van der Waals surface area contributed by atoms with Crippen LogP contribution < -0.4 is 10.2 Å². The number of rotatable bonds is 9. The summed E-state index contributed by atoms with van der Waals surface area (Å²) in [6, 6.07) is 28.3. The average Bonchev–Trinajstić information content (AvgIpc) is 3.53. The molecule has 0 spiro atoms. The van der Waals surface area contributed by atoms with Gasteiger partial charge in [0.2, 0.25) is 5.95 Å². The highest BCUT2D eigenvalue weighted by molar-refractivity contribution is 5.95. The third-order valence-corrected chi connectivity index (χ3v) is 8.26. The van der Waals surface area contributed by atoms with Crippen LogP contribution in [0, 0.1) is 0 Å². The van der Waals surface area contributed by atoms with Crippen LogP contribution in [0.25, 0.3) is 11.2 Å². The molecule has 2 aliphatic rings. The molecule has 5 aromatic rings. The van der Waals surface area contributed by atoms with Crippen LogP contribution in [0.3, 0.4) is 0 Å². The summed E-state index contributed by atoms with van der Waals surface area (Å²) in [5.41, 5.74) is 5.10. The number of nitrogens with zero attached hydrogens (tertiary/aromatic N) is 6. The lowest BCUT2D eigenvalue weighted by atomic mass is 10.1. The first-order valence-corrected chi connectivity index (χ1v) is 15.6. The molecule has 1 N–H and O–H groups in total. The molecule has 0 bridgehead atoms. The van der Waals surface area contributed by atoms with Crippen molar-refractivity contribution in [1.29, 1.82) is 0 Å². The van der Waals surface area contributed by atoms with Crippen molar-refractivity contribution in [3.63, 3.8) is 0 Å². The topological polar surface area (TPSA) is 97.6 Å². The molecule has 0 radical (unpaired) electrons. The van der Waals surface area contributed by atoms with Gasteiger partial charge in [0.15, 0.2) is 17.0 Å². The van der Waals surface area contributed by atoms with E-state index in [1.165, 1.54) is 11.1 Å². The number of hydrogen-bond donors (Lipinski definition) is 1. The summed E-state index contributed by atoms with van der Waals surface area (Å²) in [6.45, 7) is 4.28. The van der Waals surface area contributed by atoms with Gasteiger partial charge >= 0.3 is 0 Å². The van der Waals surface area contributed by atoms with E-state index in [1.807, 2.05) is 52.2 Å². The van der Waals surface area contributed by atoms with Crippen LogP contribution in [0.5, 0.6) is 0 Å². The highest BCUT2D eigenvalue weighted by Crippen LogP contribution is 2.32. The van der Waals surface area contributed by atoms with Crippen molar-refractivity contribution in [3.05, 3.63) is 108 Å². The summed E-state index contributed by atoms with van der Waals surface area (Å²) in [5, 5.41) is 3.41. The molecule has 3 aromatic carbocycles. The van der Waals surface area contributed by atoms with E-state index in [2.05, 4.69) is 58.7 Å². The van der Waals surface area contributed by atoms with Gasteiger partial charge in [-0.2, -0.15) is 9.97 Å². The Labute approximate surface area is 262 Å². The van der Waals surface area contributed by atoms with Gasteiger partial charge in [0, 0.05) is 44.0 Å². The molecule has 2 aromatic heterocycles. The number of nitrogens with one attached hydrogen (secondary N) is 1. The number of anilines is 3. The monoisotopic (exact) mass is 603 g/mol. The molecule has 1 unspecified atom stereocenters. The van der Waals surface area contributed by atoms with E-state index in [0.29, 0.717) is 63.2 Å². The van der Waals surface area contributed by atoms with Crippen LogP contribution in [-0.2, 0) is 22.6 Å². The number of benzene rings is 3. The number of carbonyl (C=O) groups is 1. The van der Waals surface area contributed by atoms with Gasteiger partial charge in [-0.25, -0.2) is 4.98 Å². The Balaban J connectivity index is 1.28. The zero-order valence-corrected chi connectivity index (χ0v) is 25.2. The maximum atomic E-state index is 13.2. The molecule has 1 atom stereocenters. The highest BCUT2D eigenvalue weighted by Gasteiger charge is 2.25. The van der Waals surface area contributed by atoms with Crippen LogP contribution in [0.15, 0.2) is 91.3 Å². The molecule has 4 heterocycles. The molecule has 10 nitrogen and oxygen atoms in total. The van der Waals surface area contributed by atoms with E-state index < -0.39 is 0 Å². The third kappa shape index (κ3) is 6.67. The van der Waals surface area contributed by atoms with Crippen LogP contribution in [0.2, 0.25) is 0 Å². The fourth-order valence-electron chi connectivity index (χ4n) is 5.95. The average molecular weight is 604 g/mol. The van der Waals surface area contributed by atoms with Crippen molar-refractivity contribution >= 4 is 34.5 Å². The molecule has 2 aliphatic heterocycles. The van der Waals surface area contributed by atoms with Gasteiger partial charge in [-0.3, -0.25) is 9.36 Å². The second-order valence-electron chi connectivity index (χ2n) is 11.5. The fourth-order valence-corrected chi connectivity index (χ4v) is 5.95. The van der Waals surface area contributed by atoms with Crippen molar-refractivity contribution < 1.29 is 14.3 Å². The van der Waals surface area contributed by atoms with Crippen molar-refractivity contribution in [3.8, 4) is 0 Å². The van der Waals surface area contributed by atoms with Gasteiger partial charge in [0.25, 0.3) is 5.91 Å². The zero-order valence-electron chi connectivity index (χ0n) is 25.2. The van der Waals surface area contributed by atoms with E-state index in [-0.39, 0.29) is 12.1 Å². The molecule has 0 saturated carbocycles. The first-order chi connectivity index (χ1) is 22.2. The van der Waals surface area contributed by atoms with Crippen LogP contribution in [0.1, 0.15) is 47.0 Å². The van der Waals surface area contributed by atoms with Gasteiger partial charge < -0.3 is 24.6 Å². The maximum Gasteiger partial charge on any atom is 0.254 e. The van der Waals surface area contributed by atoms with E-state index in [9.17, 15) is 4.79 Å². The molecule has 1 amide bonds. The van der Waals surface area contributed by atoms with Crippen molar-refractivity contribution in [2.24, 2.45) is 0 Å². The largest absolute Gasteiger partial charge is 0.378 e. The lowest BCUT2D eigenvalue weighted by Crippen LogP contribution is -2.40. The number of fused-ring (bicyclic) bond motifs is 1. The van der Waals surface area contributed by atoms with E-state index >= 15 is 0 Å². The van der Waals surface area contributed by atoms with Gasteiger partial charge in [0.05, 0.1) is 19.5 Å². The van der Waals surface area contributed by atoms with E-state index in [0.717, 1.165) is 36.3 Å². The number of carbonyl (C=O) groups excluding carboxylic acids is 1. The Hall–Kier alpha value is -4.80.